The highest BCUT2D eigenvalue weighted by Crippen LogP contribution is 2.34. The van der Waals surface area contributed by atoms with Crippen molar-refractivity contribution in [3.8, 4) is 11.4 Å². The third-order valence-corrected chi connectivity index (χ3v) is 5.36. The van der Waals surface area contributed by atoms with Crippen LogP contribution in [0.15, 0.2) is 24.3 Å². The first kappa shape index (κ1) is 22.3. The molecule has 0 saturated heterocycles. The predicted molar refractivity (Wildman–Crippen MR) is 111 cm³/mol. The van der Waals surface area contributed by atoms with Gasteiger partial charge >= 0.3 is 0 Å². The van der Waals surface area contributed by atoms with Crippen LogP contribution < -0.4 is 11.5 Å². The van der Waals surface area contributed by atoms with Crippen molar-refractivity contribution in [1.82, 2.24) is 14.8 Å². The normalized spacial score (nSPS) is 21.9. The number of primary amides is 1. The van der Waals surface area contributed by atoms with Gasteiger partial charge in [0.05, 0.1) is 6.10 Å². The minimum Gasteiger partial charge on any atom is -0.380 e. The maximum atomic E-state index is 11.3. The summed E-state index contributed by atoms with van der Waals surface area (Å²) in [5, 5.41) is 4.75. The number of hydrogen-bond acceptors (Lipinski definition) is 5. The number of unbranched alkanes of at least 4 members (excludes halogenated alkanes) is 1. The fraction of sp³-hybridized carbons (Fsp3) is 0.550. The van der Waals surface area contributed by atoms with Gasteiger partial charge in [0.2, 0.25) is 5.91 Å². The highest BCUT2D eigenvalue weighted by Gasteiger charge is 2.32. The average Bonchev–Trinajstić information content (AvgIpc) is 3.11. The van der Waals surface area contributed by atoms with Crippen molar-refractivity contribution in [1.29, 1.82) is 0 Å². The van der Waals surface area contributed by atoms with Crippen molar-refractivity contribution in [3.05, 3.63) is 35.7 Å². The van der Waals surface area contributed by atoms with Gasteiger partial charge in [0.1, 0.15) is 5.82 Å². The molecule has 3 rings (SSSR count). The second-order valence-corrected chi connectivity index (χ2v) is 7.26. The molecular weight excluding hydrogens is 378 g/mol. The summed E-state index contributed by atoms with van der Waals surface area (Å²) < 4.78 is 7.61. The highest BCUT2D eigenvalue weighted by molar-refractivity contribution is 5.93. The Labute approximate surface area is 172 Å². The molecule has 8 heteroatoms. The second-order valence-electron chi connectivity index (χ2n) is 7.26. The molecule has 1 heterocycles. The Balaban J connectivity index is 0.00000280. The summed E-state index contributed by atoms with van der Waals surface area (Å²) in [5.41, 5.74) is 12.9. The summed E-state index contributed by atoms with van der Waals surface area (Å²) in [6.45, 7) is 3.01. The topological polar surface area (TPSA) is 109 Å². The standard InChI is InChI=1S/C20H29N5O2.ClH/c1-3-4-11-25-20(15-9-10-16(21)17(12-15)27-2)23-19(24-25)14-7-5-13(6-8-14)18(22)26;/h5-8,15-17H,3-4,9-12,21H2,1-2H3,(H2,22,26);1H/t15-,16-,17-;/m0./s1. The van der Waals surface area contributed by atoms with E-state index < -0.39 is 5.91 Å². The summed E-state index contributed by atoms with van der Waals surface area (Å²) in [4.78, 5) is 16.1. The van der Waals surface area contributed by atoms with Gasteiger partial charge in [-0.25, -0.2) is 9.67 Å². The summed E-state index contributed by atoms with van der Waals surface area (Å²) in [5.74, 6) is 1.54. The zero-order chi connectivity index (χ0) is 19.4. The van der Waals surface area contributed by atoms with Crippen LogP contribution in [0.2, 0.25) is 0 Å². The Hall–Kier alpha value is -1.96. The van der Waals surface area contributed by atoms with E-state index in [-0.39, 0.29) is 30.5 Å². The molecule has 7 nitrogen and oxygen atoms in total. The third kappa shape index (κ3) is 4.90. The number of methoxy groups -OCH3 is 1. The van der Waals surface area contributed by atoms with Crippen LogP contribution in [0.3, 0.4) is 0 Å². The van der Waals surface area contributed by atoms with Gasteiger partial charge < -0.3 is 16.2 Å². The number of aromatic nitrogens is 3. The summed E-state index contributed by atoms with van der Waals surface area (Å²) in [7, 11) is 1.72. The number of halogens is 1. The SMILES string of the molecule is CCCCn1nc(-c2ccc(C(N)=O)cc2)nc1[C@H]1CC[C@H](N)[C@@H](OC)C1.Cl. The molecule has 0 radical (unpaired) electrons. The van der Waals surface area contributed by atoms with Gasteiger partial charge in [0.15, 0.2) is 5.82 Å². The third-order valence-electron chi connectivity index (χ3n) is 5.36. The highest BCUT2D eigenvalue weighted by atomic mass is 35.5. The van der Waals surface area contributed by atoms with E-state index in [0.717, 1.165) is 50.0 Å². The zero-order valence-electron chi connectivity index (χ0n) is 16.5. The summed E-state index contributed by atoms with van der Waals surface area (Å²) >= 11 is 0. The molecule has 1 aromatic carbocycles. The van der Waals surface area contributed by atoms with Crippen molar-refractivity contribution < 1.29 is 9.53 Å². The molecule has 1 aromatic heterocycles. The van der Waals surface area contributed by atoms with Crippen LogP contribution in [0.25, 0.3) is 11.4 Å². The van der Waals surface area contributed by atoms with Crippen LogP contribution in [0, 0.1) is 0 Å². The second kappa shape index (κ2) is 10.0. The Bertz CT molecular complexity index is 777. The summed E-state index contributed by atoms with van der Waals surface area (Å²) in [6.07, 6.45) is 4.98. The van der Waals surface area contributed by atoms with E-state index in [0.29, 0.717) is 11.4 Å². The maximum absolute atomic E-state index is 11.3. The molecule has 0 aliphatic heterocycles. The van der Waals surface area contributed by atoms with Gasteiger partial charge in [0, 0.05) is 36.7 Å². The number of rotatable bonds is 7. The molecule has 4 N–H and O–H groups in total. The lowest BCUT2D eigenvalue weighted by Crippen LogP contribution is -2.41. The molecule has 154 valence electrons. The molecule has 28 heavy (non-hydrogen) atoms. The van der Waals surface area contributed by atoms with E-state index in [2.05, 4.69) is 6.92 Å². The number of benzene rings is 1. The molecule has 1 amide bonds. The number of nitrogens with zero attached hydrogens (tertiary/aromatic N) is 3. The Morgan fingerprint density at radius 2 is 2.00 bits per heavy atom. The molecule has 1 aliphatic carbocycles. The van der Waals surface area contributed by atoms with E-state index in [1.165, 1.54) is 0 Å². The largest absolute Gasteiger partial charge is 0.380 e. The number of nitrogens with two attached hydrogens (primary N) is 2. The first-order valence-electron chi connectivity index (χ1n) is 9.66. The van der Waals surface area contributed by atoms with Crippen LogP contribution in [-0.2, 0) is 11.3 Å². The Morgan fingerprint density at radius 1 is 1.29 bits per heavy atom. The fourth-order valence-electron chi connectivity index (χ4n) is 3.69. The molecule has 0 bridgehead atoms. The lowest BCUT2D eigenvalue weighted by molar-refractivity contribution is 0.0455. The van der Waals surface area contributed by atoms with Crippen molar-refractivity contribution in [2.45, 2.75) is 63.6 Å². The molecule has 1 aliphatic rings. The molecule has 2 aromatic rings. The lowest BCUT2D eigenvalue weighted by atomic mass is 9.83. The number of amides is 1. The van der Waals surface area contributed by atoms with Crippen molar-refractivity contribution >= 4 is 18.3 Å². The van der Waals surface area contributed by atoms with Gasteiger partial charge in [-0.15, -0.1) is 12.4 Å². The number of hydrogen-bond donors (Lipinski definition) is 2. The Morgan fingerprint density at radius 3 is 2.61 bits per heavy atom. The number of aryl methyl sites for hydroxylation is 1. The summed E-state index contributed by atoms with van der Waals surface area (Å²) in [6, 6.07) is 7.20. The van der Waals surface area contributed by atoms with Crippen LogP contribution in [0.4, 0.5) is 0 Å². The van der Waals surface area contributed by atoms with Gasteiger partial charge in [0.25, 0.3) is 0 Å². The van der Waals surface area contributed by atoms with E-state index in [1.54, 1.807) is 19.2 Å². The smallest absolute Gasteiger partial charge is 0.248 e. The minimum absolute atomic E-state index is 0. The van der Waals surface area contributed by atoms with Gasteiger partial charge in [-0.05, 0) is 37.8 Å². The quantitative estimate of drug-likeness (QED) is 0.733. The van der Waals surface area contributed by atoms with Crippen molar-refractivity contribution in [3.63, 3.8) is 0 Å². The van der Waals surface area contributed by atoms with E-state index >= 15 is 0 Å². The van der Waals surface area contributed by atoms with E-state index in [1.807, 2.05) is 16.8 Å². The zero-order valence-corrected chi connectivity index (χ0v) is 17.3. The molecule has 3 atom stereocenters. The molecule has 0 spiro atoms. The van der Waals surface area contributed by atoms with Crippen LogP contribution in [0.1, 0.15) is 61.1 Å². The molecule has 1 saturated carbocycles. The molecule has 1 fully saturated rings. The maximum Gasteiger partial charge on any atom is 0.248 e. The molecular formula is C20H30ClN5O2. The van der Waals surface area contributed by atoms with E-state index in [9.17, 15) is 4.79 Å². The first-order chi connectivity index (χ1) is 13.0. The van der Waals surface area contributed by atoms with Crippen LogP contribution in [0.5, 0.6) is 0 Å². The van der Waals surface area contributed by atoms with Gasteiger partial charge in [-0.1, -0.05) is 25.5 Å². The predicted octanol–water partition coefficient (Wildman–Crippen LogP) is 2.88. The van der Waals surface area contributed by atoms with E-state index in [4.69, 9.17) is 26.3 Å². The first-order valence-corrected chi connectivity index (χ1v) is 9.66. The minimum atomic E-state index is -0.437. The molecule has 0 unspecified atom stereocenters. The van der Waals surface area contributed by atoms with Crippen LogP contribution >= 0.6 is 12.4 Å². The van der Waals surface area contributed by atoms with Crippen molar-refractivity contribution in [2.24, 2.45) is 11.5 Å². The van der Waals surface area contributed by atoms with Crippen LogP contribution in [-0.4, -0.2) is 39.9 Å². The Kier molecular flexibility index (Phi) is 7.98. The fourth-order valence-corrected chi connectivity index (χ4v) is 3.69. The monoisotopic (exact) mass is 407 g/mol. The van der Waals surface area contributed by atoms with Crippen molar-refractivity contribution in [2.75, 3.05) is 7.11 Å². The number of ether oxygens (including phenoxy) is 1. The van der Waals surface area contributed by atoms with Gasteiger partial charge in [-0.3, -0.25) is 4.79 Å². The number of carbonyl (C=O) groups is 1. The number of carbonyl (C=O) groups excluding carboxylic acids is 1. The lowest BCUT2D eigenvalue weighted by Gasteiger charge is -2.32. The average molecular weight is 408 g/mol. The van der Waals surface area contributed by atoms with Gasteiger partial charge in [-0.2, -0.15) is 5.10 Å².